The van der Waals surface area contributed by atoms with Crippen molar-refractivity contribution in [3.8, 4) is 0 Å². The van der Waals surface area contributed by atoms with Gasteiger partial charge in [-0.25, -0.2) is 0 Å². The minimum absolute atomic E-state index is 0. The molecule has 0 nitrogen and oxygen atoms in total. The first-order chi connectivity index (χ1) is 26.3. The van der Waals surface area contributed by atoms with E-state index in [-0.39, 0.29) is 26.6 Å². The molecule has 1 unspecified atom stereocenters. The van der Waals surface area contributed by atoms with Crippen LogP contribution in [0.3, 0.4) is 0 Å². The summed E-state index contributed by atoms with van der Waals surface area (Å²) in [6.07, 6.45) is 19.1. The molecule has 4 aliphatic carbocycles. The zero-order valence-electron chi connectivity index (χ0n) is 30.5. The Morgan fingerprint density at radius 1 is 0.389 bits per heavy atom. The third-order valence-electron chi connectivity index (χ3n) is 12.3. The molecule has 1 atom stereocenters. The number of hydrogen-bond acceptors (Lipinski definition) is 1. The Kier molecular flexibility index (Phi) is 9.48. The maximum Gasteiger partial charge on any atom is 0.0866 e. The average Bonchev–Trinajstić information content (AvgIpc) is 4.01. The van der Waals surface area contributed by atoms with Gasteiger partial charge in [-0.15, -0.1) is 11.8 Å². The van der Waals surface area contributed by atoms with E-state index in [1.165, 1.54) is 112 Å². The summed E-state index contributed by atoms with van der Waals surface area (Å²) in [5.74, 6) is 0. The van der Waals surface area contributed by atoms with Gasteiger partial charge in [-0.2, -0.15) is 0 Å². The summed E-state index contributed by atoms with van der Waals surface area (Å²) in [4.78, 5) is 0. The fraction of sp³-hybridized carbons (Fsp3) is 0.192. The average molecular weight is 765 g/mol. The van der Waals surface area contributed by atoms with E-state index < -0.39 is 0 Å². The van der Waals surface area contributed by atoms with Crippen LogP contribution in [-0.4, -0.2) is 0 Å². The van der Waals surface area contributed by atoms with Gasteiger partial charge < -0.3 is 0 Å². The van der Waals surface area contributed by atoms with Crippen molar-refractivity contribution in [3.05, 3.63) is 212 Å². The van der Waals surface area contributed by atoms with Crippen molar-refractivity contribution < 1.29 is 17.1 Å². The van der Waals surface area contributed by atoms with Gasteiger partial charge in [0.05, 0.1) is 9.49 Å². The standard InChI is InChI=1S/C26H22S.C26H22.Cu/c1-4-13-22-19(9-1)12-7-8-18-25(22)26(27-25)23-14-5-2-10-20(23)16-17-21-11-3-6-15-24(21)26;1-5-13-22-19(9-1)10-4-8-16-25(22)26-23-14-6-2-11-20(23)17-18-21-12-3-7-15-24(21)26;/h1-6,9-11,13-17H,7-8,12,18H2;1-3,5-7,9,11-15,17-18H,4,8,10,16H2;. The van der Waals surface area contributed by atoms with Crippen LogP contribution in [0.15, 0.2) is 146 Å². The van der Waals surface area contributed by atoms with E-state index in [1.807, 2.05) is 0 Å². The second-order valence-electron chi connectivity index (χ2n) is 15.2. The Labute approximate surface area is 335 Å². The Bertz CT molecular complexity index is 2360. The smallest absolute Gasteiger partial charge is 0.0866 e. The van der Waals surface area contributed by atoms with Gasteiger partial charge in [-0.05, 0) is 123 Å². The summed E-state index contributed by atoms with van der Waals surface area (Å²) in [6, 6.07) is 54.0. The first kappa shape index (κ1) is 35.1. The monoisotopic (exact) mass is 763 g/mol. The molecule has 0 amide bonds. The molecule has 2 spiro atoms. The van der Waals surface area contributed by atoms with Crippen molar-refractivity contribution in [1.29, 1.82) is 0 Å². The van der Waals surface area contributed by atoms with E-state index in [2.05, 4.69) is 182 Å². The minimum atomic E-state index is 0. The van der Waals surface area contributed by atoms with Crippen molar-refractivity contribution in [1.82, 2.24) is 0 Å². The molecular weight excluding hydrogens is 720 g/mol. The minimum Gasteiger partial charge on any atom is -0.130 e. The normalized spacial score (nSPS) is 19.4. The van der Waals surface area contributed by atoms with Gasteiger partial charge in [0.2, 0.25) is 0 Å². The molecule has 0 aromatic heterocycles. The van der Waals surface area contributed by atoms with E-state index >= 15 is 0 Å². The van der Waals surface area contributed by atoms with Crippen LogP contribution in [0.4, 0.5) is 0 Å². The van der Waals surface area contributed by atoms with Crippen molar-refractivity contribution in [3.63, 3.8) is 0 Å². The van der Waals surface area contributed by atoms with Crippen LogP contribution >= 0.6 is 11.8 Å². The predicted octanol–water partition coefficient (Wildman–Crippen LogP) is 13.6. The number of rotatable bonds is 0. The van der Waals surface area contributed by atoms with Gasteiger partial charge in [-0.1, -0.05) is 176 Å². The summed E-state index contributed by atoms with van der Waals surface area (Å²) in [6.45, 7) is 0. The molecule has 1 heterocycles. The van der Waals surface area contributed by atoms with E-state index in [9.17, 15) is 0 Å². The van der Waals surface area contributed by atoms with E-state index in [0.717, 1.165) is 6.42 Å². The van der Waals surface area contributed by atoms with Gasteiger partial charge in [0.25, 0.3) is 0 Å². The van der Waals surface area contributed by atoms with Gasteiger partial charge >= 0.3 is 0 Å². The fourth-order valence-electron chi connectivity index (χ4n) is 9.89. The zero-order chi connectivity index (χ0) is 35.2. The largest absolute Gasteiger partial charge is 0.130 e. The molecule has 0 bridgehead atoms. The number of thioether (sulfide) groups is 1. The van der Waals surface area contributed by atoms with Crippen LogP contribution in [0.2, 0.25) is 0 Å². The first-order valence-corrected chi connectivity index (χ1v) is 20.4. The third kappa shape index (κ3) is 5.74. The van der Waals surface area contributed by atoms with E-state index in [4.69, 9.17) is 0 Å². The van der Waals surface area contributed by atoms with Crippen LogP contribution < -0.4 is 0 Å². The van der Waals surface area contributed by atoms with Crippen LogP contribution in [0.5, 0.6) is 0 Å². The summed E-state index contributed by atoms with van der Waals surface area (Å²) in [5, 5.41) is 0. The molecular formula is C52H44CuS. The van der Waals surface area contributed by atoms with Crippen LogP contribution in [0.25, 0.3) is 35.5 Å². The molecule has 6 aromatic carbocycles. The Morgan fingerprint density at radius 3 is 1.48 bits per heavy atom. The fourth-order valence-corrected chi connectivity index (χ4v) is 11.9. The maximum atomic E-state index is 2.41. The van der Waals surface area contributed by atoms with Crippen molar-refractivity contribution in [2.45, 2.75) is 60.9 Å². The number of fused-ring (bicyclic) bond motifs is 10. The van der Waals surface area contributed by atoms with Gasteiger partial charge in [0.15, 0.2) is 0 Å². The van der Waals surface area contributed by atoms with E-state index in [0.29, 0.717) is 0 Å². The SMILES string of the molecule is C1=Cc2ccccc2C(=C2CCCCc3ccccc32)c2ccccc21.C1=Cc2ccccc2C2(SC23CCCCc2ccccc23)c2ccccc21.[Cu]. The van der Waals surface area contributed by atoms with Crippen molar-refractivity contribution in [2.24, 2.45) is 0 Å². The van der Waals surface area contributed by atoms with Gasteiger partial charge in [-0.3, -0.25) is 0 Å². The summed E-state index contributed by atoms with van der Waals surface area (Å²) in [7, 11) is 0. The van der Waals surface area contributed by atoms with Crippen LogP contribution in [-0.2, 0) is 39.4 Å². The maximum absolute atomic E-state index is 2.41. The molecule has 54 heavy (non-hydrogen) atoms. The molecule has 0 saturated carbocycles. The quantitative estimate of drug-likeness (QED) is 0.0842. The summed E-state index contributed by atoms with van der Waals surface area (Å²) >= 11 is 2.20. The van der Waals surface area contributed by atoms with E-state index in [1.54, 1.807) is 11.1 Å². The summed E-state index contributed by atoms with van der Waals surface area (Å²) < 4.78 is 0.197. The molecule has 269 valence electrons. The molecule has 11 rings (SSSR count). The molecule has 1 aliphatic heterocycles. The molecule has 1 fully saturated rings. The van der Waals surface area contributed by atoms with Crippen LogP contribution in [0.1, 0.15) is 105 Å². The molecule has 1 saturated heterocycles. The Morgan fingerprint density at radius 2 is 0.833 bits per heavy atom. The van der Waals surface area contributed by atoms with Crippen molar-refractivity contribution >= 4 is 47.2 Å². The zero-order valence-corrected chi connectivity index (χ0v) is 32.3. The Hall–Kier alpha value is -4.59. The number of benzene rings is 6. The molecule has 5 aliphatic rings. The topological polar surface area (TPSA) is 0 Å². The number of hydrogen-bond donors (Lipinski definition) is 0. The van der Waals surface area contributed by atoms with Crippen LogP contribution in [0, 0.1) is 0 Å². The molecule has 0 N–H and O–H groups in total. The second kappa shape index (κ2) is 14.6. The van der Waals surface area contributed by atoms with Crippen molar-refractivity contribution in [2.75, 3.05) is 0 Å². The Balaban J connectivity index is 0.000000140. The number of aryl methyl sites for hydroxylation is 2. The predicted molar refractivity (Wildman–Crippen MR) is 228 cm³/mol. The van der Waals surface area contributed by atoms with Gasteiger partial charge in [0, 0.05) is 17.1 Å². The second-order valence-corrected chi connectivity index (χ2v) is 16.7. The molecule has 6 aromatic rings. The number of allylic oxidation sites excluding steroid dienone is 1. The van der Waals surface area contributed by atoms with Gasteiger partial charge in [0.1, 0.15) is 0 Å². The molecule has 1 radical (unpaired) electrons. The molecule has 2 heteroatoms. The third-order valence-corrected chi connectivity index (χ3v) is 14.3. The first-order valence-electron chi connectivity index (χ1n) is 19.6. The summed E-state index contributed by atoms with van der Waals surface area (Å²) in [5.41, 5.74) is 20.1.